The van der Waals surface area contributed by atoms with Crippen LogP contribution in [0, 0.1) is 5.92 Å². The third-order valence-corrected chi connectivity index (χ3v) is 5.24. The minimum absolute atomic E-state index is 0.0848. The SMILES string of the molecule is NC(=O)C1CCN(C(=O)c2ccc(-n3cnc4ccccc4c3=O)cc2)CC1. The molecule has 7 heteroatoms. The van der Waals surface area contributed by atoms with Gasteiger partial charge in [-0.25, -0.2) is 4.98 Å². The second kappa shape index (κ2) is 7.26. The third kappa shape index (κ3) is 3.26. The molecule has 0 aliphatic carbocycles. The molecule has 2 aromatic carbocycles. The van der Waals surface area contributed by atoms with E-state index in [1.165, 1.54) is 10.9 Å². The van der Waals surface area contributed by atoms with E-state index < -0.39 is 0 Å². The van der Waals surface area contributed by atoms with Gasteiger partial charge in [-0.3, -0.25) is 19.0 Å². The minimum Gasteiger partial charge on any atom is -0.369 e. The average Bonchev–Trinajstić information content (AvgIpc) is 2.74. The standard InChI is InChI=1S/C21H20N4O3/c22-19(26)14-9-11-24(12-10-14)20(27)15-5-7-16(8-6-15)25-13-23-18-4-2-1-3-17(18)21(25)28/h1-8,13-14H,9-12H2,(H2,22,26). The van der Waals surface area contributed by atoms with E-state index in [-0.39, 0.29) is 23.3 Å². The molecular weight excluding hydrogens is 356 g/mol. The number of benzene rings is 2. The van der Waals surface area contributed by atoms with Crippen molar-refractivity contribution in [1.82, 2.24) is 14.5 Å². The number of rotatable bonds is 3. The zero-order chi connectivity index (χ0) is 19.7. The van der Waals surface area contributed by atoms with Gasteiger partial charge in [0.25, 0.3) is 11.5 Å². The molecule has 1 aliphatic rings. The van der Waals surface area contributed by atoms with E-state index in [0.717, 1.165) is 0 Å². The number of primary amides is 1. The summed E-state index contributed by atoms with van der Waals surface area (Å²) >= 11 is 0. The highest BCUT2D eigenvalue weighted by Gasteiger charge is 2.26. The quantitative estimate of drug-likeness (QED) is 0.752. The molecule has 0 bridgehead atoms. The molecule has 2 heterocycles. The number of hydrogen-bond acceptors (Lipinski definition) is 4. The Morgan fingerprint density at radius 2 is 1.68 bits per heavy atom. The maximum atomic E-state index is 12.7. The van der Waals surface area contributed by atoms with E-state index in [2.05, 4.69) is 4.98 Å². The van der Waals surface area contributed by atoms with Gasteiger partial charge in [-0.1, -0.05) is 12.1 Å². The molecule has 0 saturated carbocycles. The van der Waals surface area contributed by atoms with Crippen LogP contribution in [-0.4, -0.2) is 39.4 Å². The van der Waals surface area contributed by atoms with Crippen molar-refractivity contribution in [3.05, 3.63) is 70.8 Å². The molecule has 1 aliphatic heterocycles. The molecule has 3 aromatic rings. The first-order chi connectivity index (χ1) is 13.5. The van der Waals surface area contributed by atoms with E-state index in [1.54, 1.807) is 47.4 Å². The van der Waals surface area contributed by atoms with Gasteiger partial charge in [-0.05, 0) is 49.2 Å². The number of fused-ring (bicyclic) bond motifs is 1. The van der Waals surface area contributed by atoms with Crippen LogP contribution >= 0.6 is 0 Å². The van der Waals surface area contributed by atoms with Crippen molar-refractivity contribution in [1.29, 1.82) is 0 Å². The highest BCUT2D eigenvalue weighted by atomic mass is 16.2. The zero-order valence-corrected chi connectivity index (χ0v) is 15.2. The fourth-order valence-electron chi connectivity index (χ4n) is 3.57. The number of carbonyl (C=O) groups is 2. The predicted molar refractivity (Wildman–Crippen MR) is 105 cm³/mol. The van der Waals surface area contributed by atoms with Gasteiger partial charge < -0.3 is 10.6 Å². The summed E-state index contributed by atoms with van der Waals surface area (Å²) in [5, 5.41) is 0.544. The van der Waals surface area contributed by atoms with Crippen LogP contribution in [0.15, 0.2) is 59.7 Å². The van der Waals surface area contributed by atoms with Crippen LogP contribution in [0.5, 0.6) is 0 Å². The number of para-hydroxylation sites is 1. The Balaban J connectivity index is 1.55. The van der Waals surface area contributed by atoms with Gasteiger partial charge in [0.15, 0.2) is 0 Å². The zero-order valence-electron chi connectivity index (χ0n) is 15.2. The summed E-state index contributed by atoms with van der Waals surface area (Å²) in [5.74, 6) is -0.539. The summed E-state index contributed by atoms with van der Waals surface area (Å²) in [7, 11) is 0. The molecule has 1 fully saturated rings. The Hall–Kier alpha value is -3.48. The van der Waals surface area contributed by atoms with Crippen molar-refractivity contribution >= 4 is 22.7 Å². The van der Waals surface area contributed by atoms with E-state index in [9.17, 15) is 14.4 Å². The van der Waals surface area contributed by atoms with Crippen molar-refractivity contribution < 1.29 is 9.59 Å². The number of hydrogen-bond donors (Lipinski definition) is 1. The molecule has 28 heavy (non-hydrogen) atoms. The largest absolute Gasteiger partial charge is 0.369 e. The minimum atomic E-state index is -0.300. The Morgan fingerprint density at radius 3 is 2.36 bits per heavy atom. The smallest absolute Gasteiger partial charge is 0.265 e. The van der Waals surface area contributed by atoms with Crippen LogP contribution in [-0.2, 0) is 4.79 Å². The highest BCUT2D eigenvalue weighted by Crippen LogP contribution is 2.19. The molecule has 0 unspecified atom stereocenters. The van der Waals surface area contributed by atoms with Gasteiger partial charge in [0.1, 0.15) is 6.33 Å². The average molecular weight is 376 g/mol. The van der Waals surface area contributed by atoms with E-state index in [4.69, 9.17) is 5.73 Å². The van der Waals surface area contributed by atoms with Crippen LogP contribution in [0.1, 0.15) is 23.2 Å². The van der Waals surface area contributed by atoms with Crippen LogP contribution in [0.25, 0.3) is 16.6 Å². The van der Waals surface area contributed by atoms with Gasteiger partial charge in [0.2, 0.25) is 5.91 Å². The molecule has 1 saturated heterocycles. The lowest BCUT2D eigenvalue weighted by atomic mass is 9.96. The Bertz CT molecular complexity index is 1100. The summed E-state index contributed by atoms with van der Waals surface area (Å²) < 4.78 is 1.47. The molecule has 0 atom stereocenters. The van der Waals surface area contributed by atoms with Crippen molar-refractivity contribution in [3.63, 3.8) is 0 Å². The summed E-state index contributed by atoms with van der Waals surface area (Å²) in [6.07, 6.45) is 2.69. The van der Waals surface area contributed by atoms with Crippen LogP contribution in [0.2, 0.25) is 0 Å². The Kier molecular flexibility index (Phi) is 4.65. The summed E-state index contributed by atoms with van der Waals surface area (Å²) in [4.78, 5) is 42.7. The number of carbonyl (C=O) groups excluding carboxylic acids is 2. The molecule has 1 aromatic heterocycles. The van der Waals surface area contributed by atoms with Gasteiger partial charge in [-0.2, -0.15) is 0 Å². The molecule has 0 radical (unpaired) electrons. The first-order valence-corrected chi connectivity index (χ1v) is 9.20. The van der Waals surface area contributed by atoms with Crippen LogP contribution < -0.4 is 11.3 Å². The third-order valence-electron chi connectivity index (χ3n) is 5.24. The van der Waals surface area contributed by atoms with Crippen molar-refractivity contribution in [2.75, 3.05) is 13.1 Å². The first-order valence-electron chi connectivity index (χ1n) is 9.20. The fourth-order valence-corrected chi connectivity index (χ4v) is 3.57. The number of piperidine rings is 1. The van der Waals surface area contributed by atoms with Crippen molar-refractivity contribution in [2.24, 2.45) is 11.7 Å². The van der Waals surface area contributed by atoms with Crippen molar-refractivity contribution in [3.8, 4) is 5.69 Å². The van der Waals surface area contributed by atoms with Gasteiger partial charge in [0, 0.05) is 24.6 Å². The number of nitrogens with two attached hydrogens (primary N) is 1. The molecular formula is C21H20N4O3. The van der Waals surface area contributed by atoms with Gasteiger partial charge in [-0.15, -0.1) is 0 Å². The lowest BCUT2D eigenvalue weighted by molar-refractivity contribution is -0.123. The normalized spacial score (nSPS) is 14.9. The molecule has 2 amide bonds. The number of aromatic nitrogens is 2. The van der Waals surface area contributed by atoms with E-state index >= 15 is 0 Å². The number of likely N-dealkylation sites (tertiary alicyclic amines) is 1. The van der Waals surface area contributed by atoms with E-state index in [0.29, 0.717) is 48.1 Å². The predicted octanol–water partition coefficient (Wildman–Crippen LogP) is 1.72. The maximum absolute atomic E-state index is 12.7. The first kappa shape index (κ1) is 17.9. The van der Waals surface area contributed by atoms with Gasteiger partial charge in [0.05, 0.1) is 16.6 Å². The molecule has 7 nitrogen and oxygen atoms in total. The monoisotopic (exact) mass is 376 g/mol. The molecule has 2 N–H and O–H groups in total. The Morgan fingerprint density at radius 1 is 1.00 bits per heavy atom. The van der Waals surface area contributed by atoms with Crippen LogP contribution in [0.4, 0.5) is 0 Å². The van der Waals surface area contributed by atoms with Gasteiger partial charge >= 0.3 is 0 Å². The van der Waals surface area contributed by atoms with Crippen LogP contribution in [0.3, 0.4) is 0 Å². The summed E-state index contributed by atoms with van der Waals surface area (Å²) in [6, 6.07) is 14.1. The number of nitrogens with zero attached hydrogens (tertiary/aromatic N) is 3. The van der Waals surface area contributed by atoms with Crippen molar-refractivity contribution in [2.45, 2.75) is 12.8 Å². The lowest BCUT2D eigenvalue weighted by Crippen LogP contribution is -2.41. The topological polar surface area (TPSA) is 98.3 Å². The second-order valence-corrected chi connectivity index (χ2v) is 6.95. The van der Waals surface area contributed by atoms with E-state index in [1.807, 2.05) is 6.07 Å². The lowest BCUT2D eigenvalue weighted by Gasteiger charge is -2.30. The summed E-state index contributed by atoms with van der Waals surface area (Å²) in [6.45, 7) is 1.03. The number of amides is 2. The molecule has 4 rings (SSSR count). The Labute approximate surface area is 161 Å². The maximum Gasteiger partial charge on any atom is 0.265 e. The highest BCUT2D eigenvalue weighted by molar-refractivity contribution is 5.94. The fraction of sp³-hybridized carbons (Fsp3) is 0.238. The molecule has 0 spiro atoms. The summed E-state index contributed by atoms with van der Waals surface area (Å²) in [5.41, 5.74) is 7.03. The molecule has 142 valence electrons. The second-order valence-electron chi connectivity index (χ2n) is 6.95.